The zero-order valence-electron chi connectivity index (χ0n) is 19.5. The minimum atomic E-state index is -2.88. The Morgan fingerprint density at radius 2 is 1.41 bits per heavy atom. The zero-order valence-corrected chi connectivity index (χ0v) is 22.2. The van der Waals surface area contributed by atoms with E-state index < -0.39 is 8.32 Å². The zero-order chi connectivity index (χ0) is 23.9. The van der Waals surface area contributed by atoms with Crippen molar-refractivity contribution in [3.63, 3.8) is 0 Å². The van der Waals surface area contributed by atoms with Crippen LogP contribution in [0.1, 0.15) is 32.8 Å². The summed E-state index contributed by atoms with van der Waals surface area (Å²) in [7, 11) is -2.88. The molecule has 3 aromatic carbocycles. The van der Waals surface area contributed by atoms with Crippen LogP contribution in [0.5, 0.6) is 0 Å². The van der Waals surface area contributed by atoms with Crippen molar-refractivity contribution in [2.75, 3.05) is 0 Å². The number of rotatable bonds is 5. The molecule has 0 aliphatic carbocycles. The van der Waals surface area contributed by atoms with Gasteiger partial charge in [0, 0.05) is 4.91 Å². The van der Waals surface area contributed by atoms with Gasteiger partial charge in [0.15, 0.2) is 5.05 Å². The van der Waals surface area contributed by atoms with E-state index in [1.807, 2.05) is 35.2 Å². The van der Waals surface area contributed by atoms with E-state index in [0.717, 1.165) is 26.5 Å². The number of amides is 1. The maximum Gasteiger partial charge on any atom is 0.321 e. The number of carbonyl (C=O) groups excluding carboxylic acids is 1. The fraction of sp³-hybridized carbons (Fsp3) is 0.214. The van der Waals surface area contributed by atoms with Gasteiger partial charge in [0.2, 0.25) is 5.91 Å². The molecule has 1 atom stereocenters. The van der Waals surface area contributed by atoms with E-state index in [1.54, 1.807) is 11.8 Å². The van der Waals surface area contributed by atoms with Crippen molar-refractivity contribution in [3.8, 4) is 0 Å². The molecular formula is C28H27NO2S2Si. The van der Waals surface area contributed by atoms with Crippen molar-refractivity contribution in [1.82, 2.24) is 4.90 Å². The number of nitrogens with zero attached hydrogens (tertiary/aromatic N) is 1. The van der Waals surface area contributed by atoms with E-state index in [9.17, 15) is 4.79 Å². The lowest BCUT2D eigenvalue weighted by molar-refractivity contribution is -0.137. The lowest BCUT2D eigenvalue weighted by Gasteiger charge is -2.44. The Labute approximate surface area is 212 Å². The summed E-state index contributed by atoms with van der Waals surface area (Å²) in [6.45, 7) is 6.69. The van der Waals surface area contributed by atoms with Crippen LogP contribution >= 0.6 is 24.0 Å². The summed E-state index contributed by atoms with van der Waals surface area (Å²) in [6.07, 6.45) is 0.534. The minimum Gasteiger partial charge on any atom is -0.525 e. The molecular weight excluding hydrogens is 475 g/mol. The molecule has 1 fully saturated rings. The summed E-state index contributed by atoms with van der Waals surface area (Å²) >= 11 is 7.78. The largest absolute Gasteiger partial charge is 0.525 e. The highest BCUT2D eigenvalue weighted by atomic mass is 32.2. The Morgan fingerprint density at radius 1 is 0.912 bits per heavy atom. The molecule has 0 unspecified atom stereocenters. The quantitative estimate of drug-likeness (QED) is 0.260. The van der Waals surface area contributed by atoms with Gasteiger partial charge in [-0.2, -0.15) is 0 Å². The maximum atomic E-state index is 12.7. The third-order valence-corrected chi connectivity index (χ3v) is 13.2. The van der Waals surface area contributed by atoms with Crippen LogP contribution in [0.15, 0.2) is 96.7 Å². The van der Waals surface area contributed by atoms with E-state index in [2.05, 4.69) is 81.4 Å². The summed E-state index contributed by atoms with van der Waals surface area (Å²) in [5.41, 5.74) is 1.82. The molecule has 172 valence electrons. The van der Waals surface area contributed by atoms with Crippen molar-refractivity contribution in [2.45, 2.75) is 37.6 Å². The standard InChI is InChI=1S/C28H27NO2S2Si/c1-28(2,3)34(21-15-9-5-10-16-21,22-17-11-6-12-18-22)31-27(32)25-26(20-13-7-4-8-14-20)33-24-19-23(30)29(24)25/h4-18,24H,19H2,1-3H3/t24-/m1/s1. The molecule has 6 heteroatoms. The van der Waals surface area contributed by atoms with Gasteiger partial charge in [-0.05, 0) is 33.2 Å². The Kier molecular flexibility index (Phi) is 6.00. The lowest BCUT2D eigenvalue weighted by atomic mass is 10.1. The molecule has 2 heterocycles. The normalized spacial score (nSPS) is 17.9. The lowest BCUT2D eigenvalue weighted by Crippen LogP contribution is -2.67. The summed E-state index contributed by atoms with van der Waals surface area (Å²) in [4.78, 5) is 15.5. The number of carbonyl (C=O) groups is 1. The second-order valence-corrected chi connectivity index (χ2v) is 15.4. The number of β-lactam (4-membered cyclic amide) rings is 1. The Balaban J connectivity index is 1.67. The molecule has 2 aliphatic rings. The Hall–Kier alpha value is -2.67. The molecule has 0 saturated carbocycles. The highest BCUT2D eigenvalue weighted by molar-refractivity contribution is 8.09. The SMILES string of the molecule is CC(C)(C)[Si](OC(=S)C1=C(c2ccccc2)S[C@@H]2CC(=O)N12)(c1ccccc1)c1ccccc1. The summed E-state index contributed by atoms with van der Waals surface area (Å²) in [6, 6.07) is 31.1. The van der Waals surface area contributed by atoms with Crippen LogP contribution < -0.4 is 10.4 Å². The molecule has 0 aromatic heterocycles. The van der Waals surface area contributed by atoms with Gasteiger partial charge in [0.05, 0.1) is 11.8 Å². The first-order valence-electron chi connectivity index (χ1n) is 11.5. The van der Waals surface area contributed by atoms with Crippen LogP contribution in [0.3, 0.4) is 0 Å². The third-order valence-electron chi connectivity index (χ3n) is 6.51. The number of thiocarbonyl (C=S) groups is 1. The average Bonchev–Trinajstić information content (AvgIpc) is 3.16. The molecule has 3 aromatic rings. The monoisotopic (exact) mass is 501 g/mol. The Bertz CT molecular complexity index is 1210. The fourth-order valence-electron chi connectivity index (χ4n) is 4.87. The third kappa shape index (κ3) is 3.74. The van der Waals surface area contributed by atoms with Crippen LogP contribution in [0.4, 0.5) is 0 Å². The van der Waals surface area contributed by atoms with Crippen LogP contribution in [-0.4, -0.2) is 29.5 Å². The van der Waals surface area contributed by atoms with Crippen molar-refractivity contribution in [1.29, 1.82) is 0 Å². The van der Waals surface area contributed by atoms with Crippen LogP contribution in [-0.2, 0) is 9.22 Å². The molecule has 0 bridgehead atoms. The first-order chi connectivity index (χ1) is 16.3. The van der Waals surface area contributed by atoms with E-state index >= 15 is 0 Å². The van der Waals surface area contributed by atoms with E-state index in [0.29, 0.717) is 11.5 Å². The van der Waals surface area contributed by atoms with E-state index in [-0.39, 0.29) is 16.3 Å². The van der Waals surface area contributed by atoms with Crippen molar-refractivity contribution < 1.29 is 9.22 Å². The van der Waals surface area contributed by atoms with Gasteiger partial charge >= 0.3 is 8.32 Å². The molecule has 0 radical (unpaired) electrons. The van der Waals surface area contributed by atoms with Crippen LogP contribution in [0, 0.1) is 0 Å². The summed E-state index contributed by atoms with van der Waals surface area (Å²) in [5.74, 6) is 0.104. The van der Waals surface area contributed by atoms with Gasteiger partial charge in [-0.25, -0.2) is 0 Å². The van der Waals surface area contributed by atoms with Crippen LogP contribution in [0.2, 0.25) is 5.04 Å². The van der Waals surface area contributed by atoms with E-state index in [1.165, 1.54) is 0 Å². The molecule has 1 amide bonds. The highest BCUT2D eigenvalue weighted by Crippen LogP contribution is 2.51. The number of hydrogen-bond acceptors (Lipinski definition) is 4. The molecule has 5 rings (SSSR count). The number of thioether (sulfide) groups is 1. The molecule has 0 spiro atoms. The topological polar surface area (TPSA) is 29.5 Å². The molecule has 2 aliphatic heterocycles. The first-order valence-corrected chi connectivity index (χ1v) is 14.7. The van der Waals surface area contributed by atoms with Gasteiger partial charge in [0.1, 0.15) is 5.70 Å². The van der Waals surface area contributed by atoms with Crippen molar-refractivity contribution >= 4 is 58.5 Å². The first kappa shape index (κ1) is 23.1. The van der Waals surface area contributed by atoms with Crippen molar-refractivity contribution in [2.24, 2.45) is 0 Å². The maximum absolute atomic E-state index is 12.7. The predicted octanol–water partition coefficient (Wildman–Crippen LogP) is 5.56. The number of benzene rings is 3. The Morgan fingerprint density at radius 3 is 1.88 bits per heavy atom. The number of fused-ring (bicyclic) bond motifs is 1. The smallest absolute Gasteiger partial charge is 0.321 e. The minimum absolute atomic E-state index is 0.0958. The molecule has 0 N–H and O–H groups in total. The van der Waals surface area contributed by atoms with Gasteiger partial charge < -0.3 is 4.43 Å². The highest BCUT2D eigenvalue weighted by Gasteiger charge is 2.55. The molecule has 1 saturated heterocycles. The molecule has 3 nitrogen and oxygen atoms in total. The second kappa shape index (κ2) is 8.84. The van der Waals surface area contributed by atoms with E-state index in [4.69, 9.17) is 16.6 Å². The van der Waals surface area contributed by atoms with Gasteiger partial charge in [-0.3, -0.25) is 9.69 Å². The molecule has 34 heavy (non-hydrogen) atoms. The fourth-order valence-corrected chi connectivity index (χ4v) is 11.2. The second-order valence-electron chi connectivity index (χ2n) is 9.64. The van der Waals surface area contributed by atoms with Gasteiger partial charge in [-0.1, -0.05) is 124 Å². The van der Waals surface area contributed by atoms with Crippen LogP contribution in [0.25, 0.3) is 4.91 Å². The number of hydrogen-bond donors (Lipinski definition) is 0. The predicted molar refractivity (Wildman–Crippen MR) is 148 cm³/mol. The summed E-state index contributed by atoms with van der Waals surface area (Å²) < 4.78 is 7.12. The summed E-state index contributed by atoms with van der Waals surface area (Å²) in [5, 5.41) is 2.62. The van der Waals surface area contributed by atoms with Gasteiger partial charge in [0.25, 0.3) is 0 Å². The van der Waals surface area contributed by atoms with Crippen molar-refractivity contribution in [3.05, 3.63) is 102 Å². The average molecular weight is 502 g/mol. The van der Waals surface area contributed by atoms with Gasteiger partial charge in [-0.15, -0.1) is 0 Å².